The molecule has 2 N–H and O–H groups in total. The number of ether oxygens (including phenoxy) is 1. The van der Waals surface area contributed by atoms with Crippen molar-refractivity contribution in [3.05, 3.63) is 99.3 Å². The first-order valence-corrected chi connectivity index (χ1v) is 10.2. The quantitative estimate of drug-likeness (QED) is 0.429. The van der Waals surface area contributed by atoms with Gasteiger partial charge in [-0.2, -0.15) is 0 Å². The number of hydrogen-bond acceptors (Lipinski definition) is 6. The van der Waals surface area contributed by atoms with E-state index in [2.05, 4.69) is 5.32 Å². The van der Waals surface area contributed by atoms with E-state index in [1.807, 2.05) is 5.32 Å². The molecule has 0 saturated heterocycles. The third kappa shape index (κ3) is 4.28. The van der Waals surface area contributed by atoms with Crippen LogP contribution in [0.1, 0.15) is 42.2 Å². The van der Waals surface area contributed by atoms with Gasteiger partial charge in [-0.3, -0.25) is 19.7 Å². The molecule has 4 rings (SSSR count). The van der Waals surface area contributed by atoms with E-state index < -0.39 is 41.9 Å². The summed E-state index contributed by atoms with van der Waals surface area (Å²) in [4.78, 5) is 61.9. The van der Waals surface area contributed by atoms with Crippen molar-refractivity contribution in [3.8, 4) is 0 Å². The third-order valence-electron chi connectivity index (χ3n) is 4.96. The first-order valence-electron chi connectivity index (χ1n) is 9.81. The second-order valence-electron chi connectivity index (χ2n) is 7.11. The Balaban J connectivity index is 1.43. The number of imide groups is 1. The Morgan fingerprint density at radius 2 is 1.50 bits per heavy atom. The molecule has 0 radical (unpaired) electrons. The van der Waals surface area contributed by atoms with E-state index in [0.29, 0.717) is 0 Å². The van der Waals surface area contributed by atoms with Gasteiger partial charge in [0.25, 0.3) is 5.91 Å². The van der Waals surface area contributed by atoms with Crippen LogP contribution >= 0.6 is 11.6 Å². The van der Waals surface area contributed by atoms with E-state index in [0.717, 1.165) is 6.07 Å². The first-order chi connectivity index (χ1) is 16.3. The molecule has 0 atom stereocenters. The fourth-order valence-electron chi connectivity index (χ4n) is 3.39. The van der Waals surface area contributed by atoms with E-state index in [1.54, 1.807) is 12.1 Å². The zero-order chi connectivity index (χ0) is 24.4. The van der Waals surface area contributed by atoms with Crippen molar-refractivity contribution in [2.45, 2.75) is 0 Å². The molecule has 1 aliphatic carbocycles. The summed E-state index contributed by atoms with van der Waals surface area (Å²) >= 11 is 6.28. The van der Waals surface area contributed by atoms with Crippen molar-refractivity contribution in [2.24, 2.45) is 0 Å². The molecule has 0 bridgehead atoms. The number of para-hydroxylation sites is 1. The Kier molecular flexibility index (Phi) is 6.20. The van der Waals surface area contributed by atoms with E-state index in [-0.39, 0.29) is 38.5 Å². The highest BCUT2D eigenvalue weighted by Crippen LogP contribution is 2.34. The molecule has 0 aromatic heterocycles. The average Bonchev–Trinajstić information content (AvgIpc) is 2.82. The largest absolute Gasteiger partial charge is 0.452 e. The number of rotatable bonds is 4. The Bertz CT molecular complexity index is 1390. The van der Waals surface area contributed by atoms with Crippen LogP contribution in [0.5, 0.6) is 0 Å². The summed E-state index contributed by atoms with van der Waals surface area (Å²) in [6.45, 7) is -0.855. The summed E-state index contributed by atoms with van der Waals surface area (Å²) in [6, 6.07) is 13.0. The molecule has 0 fully saturated rings. The number of carbonyl (C=O) groups excluding carboxylic acids is 5. The number of fused-ring (bicyclic) bond motifs is 2. The number of hydrogen-bond donors (Lipinski definition) is 2. The van der Waals surface area contributed by atoms with Gasteiger partial charge in [-0.05, 0) is 24.3 Å². The van der Waals surface area contributed by atoms with Gasteiger partial charge in [0.1, 0.15) is 5.82 Å². The lowest BCUT2D eigenvalue weighted by atomic mass is 9.83. The van der Waals surface area contributed by atoms with Crippen molar-refractivity contribution in [1.29, 1.82) is 0 Å². The number of ketones is 2. The smallest absolute Gasteiger partial charge is 0.340 e. The molecule has 3 aromatic rings. The van der Waals surface area contributed by atoms with E-state index >= 15 is 0 Å². The average molecular weight is 481 g/mol. The summed E-state index contributed by atoms with van der Waals surface area (Å²) in [5.74, 6) is -3.66. The maximum atomic E-state index is 13.6. The second-order valence-corrected chi connectivity index (χ2v) is 7.49. The van der Waals surface area contributed by atoms with Crippen LogP contribution in [0.2, 0.25) is 5.02 Å². The molecule has 10 heteroatoms. The highest BCUT2D eigenvalue weighted by Gasteiger charge is 2.33. The number of halogens is 2. The molecule has 1 aliphatic rings. The van der Waals surface area contributed by atoms with Crippen LogP contribution in [-0.4, -0.2) is 36.1 Å². The summed E-state index contributed by atoms with van der Waals surface area (Å²) in [5.41, 5.74) is -0.0679. The minimum atomic E-state index is -1.04. The topological polar surface area (TPSA) is 119 Å². The molecule has 8 nitrogen and oxygen atoms in total. The van der Waals surface area contributed by atoms with Gasteiger partial charge in [-0.1, -0.05) is 48.0 Å². The van der Waals surface area contributed by atoms with Crippen LogP contribution in [-0.2, 0) is 9.53 Å². The molecule has 0 aliphatic heterocycles. The van der Waals surface area contributed by atoms with E-state index in [9.17, 15) is 28.4 Å². The molecule has 170 valence electrons. The zero-order valence-electron chi connectivity index (χ0n) is 17.2. The Labute approximate surface area is 196 Å². The van der Waals surface area contributed by atoms with Crippen LogP contribution in [0.4, 0.5) is 14.9 Å². The van der Waals surface area contributed by atoms with Gasteiger partial charge in [-0.15, -0.1) is 0 Å². The van der Waals surface area contributed by atoms with Crippen LogP contribution in [0, 0.1) is 5.82 Å². The van der Waals surface area contributed by atoms with Crippen molar-refractivity contribution in [1.82, 2.24) is 5.32 Å². The number of amides is 3. The molecule has 3 aromatic carbocycles. The molecule has 0 heterocycles. The highest BCUT2D eigenvalue weighted by molar-refractivity contribution is 6.41. The molecule has 0 spiro atoms. The van der Waals surface area contributed by atoms with Gasteiger partial charge in [0.05, 0.1) is 21.8 Å². The molecular weight excluding hydrogens is 467 g/mol. The minimum absolute atomic E-state index is 0.0489. The lowest BCUT2D eigenvalue weighted by Gasteiger charge is -2.19. The zero-order valence-corrected chi connectivity index (χ0v) is 17.9. The van der Waals surface area contributed by atoms with Crippen LogP contribution < -0.4 is 10.6 Å². The lowest BCUT2D eigenvalue weighted by molar-refractivity contribution is -0.123. The highest BCUT2D eigenvalue weighted by atomic mass is 35.5. The summed E-state index contributed by atoms with van der Waals surface area (Å²) < 4.78 is 18.4. The number of benzene rings is 3. The van der Waals surface area contributed by atoms with E-state index in [4.69, 9.17) is 16.3 Å². The predicted molar refractivity (Wildman–Crippen MR) is 119 cm³/mol. The number of carbonyl (C=O) groups is 5. The minimum Gasteiger partial charge on any atom is -0.452 e. The van der Waals surface area contributed by atoms with E-state index in [1.165, 1.54) is 42.5 Å². The molecule has 3 amide bonds. The summed E-state index contributed by atoms with van der Waals surface area (Å²) in [5, 5.41) is 3.75. The second kappa shape index (κ2) is 9.24. The maximum Gasteiger partial charge on any atom is 0.340 e. The van der Waals surface area contributed by atoms with Gasteiger partial charge in [0, 0.05) is 16.7 Å². The summed E-state index contributed by atoms with van der Waals surface area (Å²) in [7, 11) is 0. The van der Waals surface area contributed by atoms with Crippen molar-refractivity contribution < 1.29 is 33.1 Å². The number of anilines is 1. The van der Waals surface area contributed by atoms with Gasteiger partial charge in [0.15, 0.2) is 18.2 Å². The standard InChI is InChI=1S/C24H14ClFN2O6/c25-20-15(10-9-14-19(20)22(31)13-6-2-1-5-12(13)21(14)30)23(32)34-11-18(29)28-24(33)27-17-8-4-3-7-16(17)26/h1-10H,11H2,(H2,27,28,29,33). The van der Waals surface area contributed by atoms with Crippen LogP contribution in [0.3, 0.4) is 0 Å². The Morgan fingerprint density at radius 1 is 0.853 bits per heavy atom. The maximum absolute atomic E-state index is 13.6. The molecule has 0 saturated carbocycles. The Morgan fingerprint density at radius 3 is 2.21 bits per heavy atom. The first kappa shape index (κ1) is 22.8. The van der Waals surface area contributed by atoms with Crippen LogP contribution in [0.15, 0.2) is 60.7 Å². The van der Waals surface area contributed by atoms with Gasteiger partial charge >= 0.3 is 12.0 Å². The normalized spacial score (nSPS) is 11.8. The fourth-order valence-corrected chi connectivity index (χ4v) is 3.72. The van der Waals surface area contributed by atoms with Gasteiger partial charge in [0.2, 0.25) is 0 Å². The predicted octanol–water partition coefficient (Wildman–Crippen LogP) is 3.76. The lowest BCUT2D eigenvalue weighted by Crippen LogP contribution is -2.37. The van der Waals surface area contributed by atoms with Crippen molar-refractivity contribution >= 4 is 46.8 Å². The molecule has 34 heavy (non-hydrogen) atoms. The van der Waals surface area contributed by atoms with Gasteiger partial charge < -0.3 is 10.1 Å². The third-order valence-corrected chi connectivity index (χ3v) is 5.35. The van der Waals surface area contributed by atoms with Crippen molar-refractivity contribution in [3.63, 3.8) is 0 Å². The SMILES string of the molecule is O=C(COC(=O)c1ccc2c(c1Cl)C(=O)c1ccccc1C2=O)NC(=O)Nc1ccccc1F. The van der Waals surface area contributed by atoms with Crippen molar-refractivity contribution in [2.75, 3.05) is 11.9 Å². The fraction of sp³-hybridized carbons (Fsp3) is 0.0417. The van der Waals surface area contributed by atoms with Gasteiger partial charge in [-0.25, -0.2) is 14.0 Å². The number of urea groups is 1. The number of nitrogens with one attached hydrogen (secondary N) is 2. The monoisotopic (exact) mass is 480 g/mol. The van der Waals surface area contributed by atoms with Crippen LogP contribution in [0.25, 0.3) is 0 Å². The molecule has 0 unspecified atom stereocenters. The number of esters is 1. The summed E-state index contributed by atoms with van der Waals surface area (Å²) in [6.07, 6.45) is 0. The Hall–Kier alpha value is -4.37. The molecular formula is C24H14ClFN2O6.